The topological polar surface area (TPSA) is 59.6 Å². The lowest BCUT2D eigenvalue weighted by molar-refractivity contribution is -0.126. The normalized spacial score (nSPS) is 20.4. The first-order valence-corrected chi connectivity index (χ1v) is 6.60. The number of hydrogen-bond acceptors (Lipinski definition) is 4. The van der Waals surface area contributed by atoms with E-state index < -0.39 is 0 Å². The molecule has 1 saturated heterocycles. The van der Waals surface area contributed by atoms with Crippen molar-refractivity contribution in [3.8, 4) is 0 Å². The fraction of sp³-hybridized carbons (Fsp3) is 0.923. The summed E-state index contributed by atoms with van der Waals surface area (Å²) < 4.78 is 10.3. The van der Waals surface area contributed by atoms with Crippen LogP contribution in [0.2, 0.25) is 0 Å². The van der Waals surface area contributed by atoms with Crippen LogP contribution in [0.15, 0.2) is 0 Å². The zero-order chi connectivity index (χ0) is 13.4. The average Bonchev–Trinajstić information content (AvgIpc) is 2.38. The van der Waals surface area contributed by atoms with Gasteiger partial charge in [0.15, 0.2) is 0 Å². The van der Waals surface area contributed by atoms with Crippen molar-refractivity contribution in [3.63, 3.8) is 0 Å². The average molecular weight is 258 g/mol. The molecule has 0 bridgehead atoms. The Morgan fingerprint density at radius 3 is 2.56 bits per heavy atom. The van der Waals surface area contributed by atoms with E-state index >= 15 is 0 Å². The van der Waals surface area contributed by atoms with Crippen LogP contribution in [0, 0.1) is 11.3 Å². The van der Waals surface area contributed by atoms with Crippen molar-refractivity contribution < 1.29 is 14.3 Å². The van der Waals surface area contributed by atoms with E-state index in [4.69, 9.17) is 9.47 Å². The fourth-order valence-electron chi connectivity index (χ4n) is 2.41. The Kier molecular flexibility index (Phi) is 6.60. The summed E-state index contributed by atoms with van der Waals surface area (Å²) >= 11 is 0. The van der Waals surface area contributed by atoms with Gasteiger partial charge in [0.05, 0.1) is 19.1 Å². The quantitative estimate of drug-likeness (QED) is 0.694. The highest BCUT2D eigenvalue weighted by Gasteiger charge is 2.32. The summed E-state index contributed by atoms with van der Waals surface area (Å²) in [6.07, 6.45) is 2.08. The van der Waals surface area contributed by atoms with Crippen molar-refractivity contribution >= 4 is 5.91 Å². The van der Waals surface area contributed by atoms with Crippen LogP contribution in [0.1, 0.15) is 19.8 Å². The number of amides is 1. The molecule has 2 N–H and O–H groups in total. The lowest BCUT2D eigenvalue weighted by Crippen LogP contribution is -2.48. The monoisotopic (exact) mass is 258 g/mol. The van der Waals surface area contributed by atoms with Crippen LogP contribution < -0.4 is 10.6 Å². The van der Waals surface area contributed by atoms with Crippen molar-refractivity contribution in [2.45, 2.75) is 19.8 Å². The molecule has 1 amide bonds. The highest BCUT2D eigenvalue weighted by molar-refractivity contribution is 5.78. The molecular formula is C13H26N2O3. The Balaban J connectivity index is 2.44. The van der Waals surface area contributed by atoms with Crippen LogP contribution in [0.25, 0.3) is 0 Å². The van der Waals surface area contributed by atoms with Crippen LogP contribution in [0.5, 0.6) is 0 Å². The largest absolute Gasteiger partial charge is 0.384 e. The number of hydrogen-bond donors (Lipinski definition) is 2. The second kappa shape index (κ2) is 7.71. The Morgan fingerprint density at radius 1 is 1.33 bits per heavy atom. The van der Waals surface area contributed by atoms with E-state index in [0.29, 0.717) is 19.8 Å². The van der Waals surface area contributed by atoms with Crippen LogP contribution in [0.3, 0.4) is 0 Å². The summed E-state index contributed by atoms with van der Waals surface area (Å²) in [5.41, 5.74) is 0.0858. The van der Waals surface area contributed by atoms with Crippen molar-refractivity contribution in [1.29, 1.82) is 0 Å². The third kappa shape index (κ3) is 4.55. The molecule has 0 radical (unpaired) electrons. The molecule has 18 heavy (non-hydrogen) atoms. The molecule has 1 unspecified atom stereocenters. The highest BCUT2D eigenvalue weighted by atomic mass is 16.5. The fourth-order valence-corrected chi connectivity index (χ4v) is 2.41. The summed E-state index contributed by atoms with van der Waals surface area (Å²) in [5.74, 6) is -0.0397. The number of carbonyl (C=O) groups excluding carboxylic acids is 1. The van der Waals surface area contributed by atoms with E-state index in [1.54, 1.807) is 14.2 Å². The van der Waals surface area contributed by atoms with Gasteiger partial charge in [0, 0.05) is 26.2 Å². The molecule has 106 valence electrons. The summed E-state index contributed by atoms with van der Waals surface area (Å²) in [7, 11) is 3.34. The minimum Gasteiger partial charge on any atom is -0.384 e. The Bertz CT molecular complexity index is 247. The van der Waals surface area contributed by atoms with E-state index in [9.17, 15) is 4.79 Å². The molecule has 5 heteroatoms. The van der Waals surface area contributed by atoms with Gasteiger partial charge in [-0.25, -0.2) is 0 Å². The SMILES string of the molecule is COCC(C)C(=O)NCC1(COC)CCNCC1. The van der Waals surface area contributed by atoms with Crippen LogP contribution in [-0.2, 0) is 14.3 Å². The van der Waals surface area contributed by atoms with Crippen molar-refractivity contribution in [3.05, 3.63) is 0 Å². The van der Waals surface area contributed by atoms with Crippen LogP contribution >= 0.6 is 0 Å². The van der Waals surface area contributed by atoms with E-state index in [-0.39, 0.29) is 17.2 Å². The molecule has 1 rings (SSSR count). The second-order valence-electron chi connectivity index (χ2n) is 5.26. The standard InChI is InChI=1S/C13H26N2O3/c1-11(8-17-2)12(16)15-9-13(10-18-3)4-6-14-7-5-13/h11,14H,4-10H2,1-3H3,(H,15,16). The van der Waals surface area contributed by atoms with Gasteiger partial charge in [0.1, 0.15) is 0 Å². The van der Waals surface area contributed by atoms with Crippen molar-refractivity contribution in [2.75, 3.05) is 47.1 Å². The third-order valence-electron chi connectivity index (χ3n) is 3.62. The van der Waals surface area contributed by atoms with E-state index in [2.05, 4.69) is 10.6 Å². The molecule has 0 aromatic carbocycles. The van der Waals surface area contributed by atoms with E-state index in [1.165, 1.54) is 0 Å². The molecule has 1 atom stereocenters. The predicted molar refractivity (Wildman–Crippen MR) is 70.5 cm³/mol. The zero-order valence-electron chi connectivity index (χ0n) is 11.8. The minimum absolute atomic E-state index is 0.0610. The summed E-state index contributed by atoms with van der Waals surface area (Å²) in [6.45, 7) is 5.72. The van der Waals surface area contributed by atoms with Gasteiger partial charge in [-0.3, -0.25) is 4.79 Å². The number of piperidine rings is 1. The van der Waals surface area contributed by atoms with E-state index in [1.807, 2.05) is 6.92 Å². The van der Waals surface area contributed by atoms with Crippen molar-refractivity contribution in [2.24, 2.45) is 11.3 Å². The maximum Gasteiger partial charge on any atom is 0.225 e. The number of carbonyl (C=O) groups is 1. The molecule has 1 heterocycles. The second-order valence-corrected chi connectivity index (χ2v) is 5.26. The molecule has 5 nitrogen and oxygen atoms in total. The molecule has 0 aromatic rings. The Morgan fingerprint density at radius 2 is 2.00 bits per heavy atom. The molecule has 1 fully saturated rings. The number of methoxy groups -OCH3 is 2. The molecule has 0 aliphatic carbocycles. The lowest BCUT2D eigenvalue weighted by atomic mass is 9.79. The van der Waals surface area contributed by atoms with Gasteiger partial charge in [-0.1, -0.05) is 6.92 Å². The van der Waals surface area contributed by atoms with Gasteiger partial charge in [-0.05, 0) is 25.9 Å². The molecule has 1 aliphatic rings. The molecule has 0 spiro atoms. The van der Waals surface area contributed by atoms with Gasteiger partial charge in [-0.15, -0.1) is 0 Å². The molecule has 1 aliphatic heterocycles. The summed E-state index contributed by atoms with van der Waals surface area (Å²) in [4.78, 5) is 11.9. The van der Waals surface area contributed by atoms with Crippen LogP contribution in [-0.4, -0.2) is 53.0 Å². The number of nitrogens with one attached hydrogen (secondary N) is 2. The first-order valence-electron chi connectivity index (χ1n) is 6.60. The van der Waals surface area contributed by atoms with E-state index in [0.717, 1.165) is 25.9 Å². The predicted octanol–water partition coefficient (Wildman–Crippen LogP) is 0.401. The smallest absolute Gasteiger partial charge is 0.225 e. The Hall–Kier alpha value is -0.650. The number of rotatable bonds is 7. The van der Waals surface area contributed by atoms with Gasteiger partial charge in [0.25, 0.3) is 0 Å². The van der Waals surface area contributed by atoms with Crippen molar-refractivity contribution in [1.82, 2.24) is 10.6 Å². The highest BCUT2D eigenvalue weighted by Crippen LogP contribution is 2.28. The lowest BCUT2D eigenvalue weighted by Gasteiger charge is -2.37. The first-order chi connectivity index (χ1) is 8.63. The van der Waals surface area contributed by atoms with Gasteiger partial charge < -0.3 is 20.1 Å². The zero-order valence-corrected chi connectivity index (χ0v) is 11.8. The van der Waals surface area contributed by atoms with Gasteiger partial charge >= 0.3 is 0 Å². The molecular weight excluding hydrogens is 232 g/mol. The minimum atomic E-state index is -0.101. The Labute approximate surface area is 110 Å². The maximum atomic E-state index is 11.9. The first kappa shape index (κ1) is 15.4. The molecule has 0 saturated carbocycles. The summed E-state index contributed by atoms with van der Waals surface area (Å²) in [6, 6.07) is 0. The maximum absolute atomic E-state index is 11.9. The molecule has 0 aromatic heterocycles. The number of ether oxygens (including phenoxy) is 2. The van der Waals surface area contributed by atoms with Gasteiger partial charge in [-0.2, -0.15) is 0 Å². The summed E-state index contributed by atoms with van der Waals surface area (Å²) in [5, 5.41) is 6.38. The van der Waals surface area contributed by atoms with Crippen LogP contribution in [0.4, 0.5) is 0 Å². The third-order valence-corrected chi connectivity index (χ3v) is 3.62. The van der Waals surface area contributed by atoms with Gasteiger partial charge in [0.2, 0.25) is 5.91 Å².